The van der Waals surface area contributed by atoms with E-state index in [0.717, 1.165) is 5.56 Å². The van der Waals surface area contributed by atoms with E-state index in [0.29, 0.717) is 12.0 Å². The summed E-state index contributed by atoms with van der Waals surface area (Å²) in [7, 11) is 0. The largest absolute Gasteiger partial charge is 0.465 e. The molecule has 3 rings (SSSR count). The van der Waals surface area contributed by atoms with Crippen LogP contribution in [0.2, 0.25) is 0 Å². The van der Waals surface area contributed by atoms with Crippen molar-refractivity contribution in [3.8, 4) is 0 Å². The first-order valence-electron chi connectivity index (χ1n) is 12.6. The molecule has 0 unspecified atom stereocenters. The number of amides is 3. The monoisotopic (exact) mass is 523 g/mol. The average molecular weight is 524 g/mol. The van der Waals surface area contributed by atoms with Crippen LogP contribution in [0.5, 0.6) is 0 Å². The smallest absolute Gasteiger partial charge is 0.325 e. The minimum atomic E-state index is -1.79. The van der Waals surface area contributed by atoms with Crippen molar-refractivity contribution in [3.63, 3.8) is 0 Å². The topological polar surface area (TPSA) is 151 Å². The summed E-state index contributed by atoms with van der Waals surface area (Å²) in [6.45, 7) is 1.30. The molecule has 4 N–H and O–H groups in total. The molecule has 1 fully saturated rings. The number of aliphatic hydroxyl groups is 1. The van der Waals surface area contributed by atoms with Crippen LogP contribution in [0.1, 0.15) is 30.9 Å². The Morgan fingerprint density at radius 2 is 1.61 bits per heavy atom. The minimum absolute atomic E-state index is 0.0228. The van der Waals surface area contributed by atoms with Crippen LogP contribution in [0, 0.1) is 5.92 Å². The summed E-state index contributed by atoms with van der Waals surface area (Å²) < 4.78 is 4.80. The Morgan fingerprint density at radius 1 is 1.00 bits per heavy atom. The van der Waals surface area contributed by atoms with E-state index in [9.17, 15) is 29.1 Å². The molecule has 0 radical (unpaired) electrons. The number of ketones is 1. The van der Waals surface area contributed by atoms with E-state index < -0.39 is 54.2 Å². The van der Waals surface area contributed by atoms with Gasteiger partial charge in [-0.2, -0.15) is 0 Å². The Hall–Kier alpha value is -4.05. The van der Waals surface area contributed by atoms with Crippen molar-refractivity contribution in [1.82, 2.24) is 16.0 Å². The predicted octanol–water partition coefficient (Wildman–Crippen LogP) is 0.461. The molecule has 0 aromatic heterocycles. The van der Waals surface area contributed by atoms with Gasteiger partial charge in [-0.3, -0.25) is 24.0 Å². The second kappa shape index (κ2) is 14.0. The van der Waals surface area contributed by atoms with E-state index in [2.05, 4.69) is 16.0 Å². The van der Waals surface area contributed by atoms with E-state index >= 15 is 0 Å². The Labute approximate surface area is 221 Å². The molecule has 1 saturated heterocycles. The summed E-state index contributed by atoms with van der Waals surface area (Å²) in [5, 5.41) is 18.6. The van der Waals surface area contributed by atoms with Crippen molar-refractivity contribution in [2.45, 2.75) is 50.8 Å². The molecule has 10 heteroatoms. The van der Waals surface area contributed by atoms with Crippen molar-refractivity contribution in [3.05, 3.63) is 71.8 Å². The number of nitrogens with one attached hydrogen (secondary N) is 3. The van der Waals surface area contributed by atoms with Crippen LogP contribution in [0.15, 0.2) is 60.7 Å². The molecule has 0 saturated carbocycles. The molecule has 1 aliphatic heterocycles. The van der Waals surface area contributed by atoms with Gasteiger partial charge in [0.15, 0.2) is 5.78 Å². The normalized spacial score (nSPS) is 17.0. The molecule has 1 heterocycles. The van der Waals surface area contributed by atoms with Gasteiger partial charge in [-0.1, -0.05) is 60.7 Å². The van der Waals surface area contributed by atoms with Crippen LogP contribution in [-0.2, 0) is 41.6 Å². The van der Waals surface area contributed by atoms with Crippen LogP contribution in [0.3, 0.4) is 0 Å². The quantitative estimate of drug-likeness (QED) is 0.279. The van der Waals surface area contributed by atoms with Crippen LogP contribution in [-0.4, -0.2) is 65.9 Å². The fourth-order valence-electron chi connectivity index (χ4n) is 4.31. The molecule has 38 heavy (non-hydrogen) atoms. The predicted molar refractivity (Wildman–Crippen MR) is 138 cm³/mol. The lowest BCUT2D eigenvalue weighted by Gasteiger charge is -2.27. The molecule has 1 aliphatic rings. The summed E-state index contributed by atoms with van der Waals surface area (Å²) in [6.07, 6.45) is -1.13. The molecule has 4 atom stereocenters. The van der Waals surface area contributed by atoms with Gasteiger partial charge in [0.05, 0.1) is 18.6 Å². The third-order valence-corrected chi connectivity index (χ3v) is 6.28. The highest BCUT2D eigenvalue weighted by molar-refractivity contribution is 5.98. The number of carbonyl (C=O) groups is 5. The van der Waals surface area contributed by atoms with Gasteiger partial charge in [-0.05, 0) is 37.3 Å². The Kier molecular flexibility index (Phi) is 10.5. The third kappa shape index (κ3) is 8.24. The van der Waals surface area contributed by atoms with Crippen LogP contribution in [0.25, 0.3) is 0 Å². The maximum Gasteiger partial charge on any atom is 0.325 e. The first kappa shape index (κ1) is 28.5. The van der Waals surface area contributed by atoms with E-state index in [4.69, 9.17) is 4.74 Å². The van der Waals surface area contributed by atoms with E-state index in [1.807, 2.05) is 6.07 Å². The summed E-state index contributed by atoms with van der Waals surface area (Å²) in [6, 6.07) is 16.1. The maximum absolute atomic E-state index is 13.9. The zero-order chi connectivity index (χ0) is 27.5. The number of aliphatic hydroxyl groups excluding tert-OH is 1. The molecule has 2 aromatic rings. The summed E-state index contributed by atoms with van der Waals surface area (Å²) in [5.41, 5.74) is 1.47. The number of ether oxygens (including phenoxy) is 1. The van der Waals surface area contributed by atoms with Crippen molar-refractivity contribution in [1.29, 1.82) is 0 Å². The van der Waals surface area contributed by atoms with Gasteiger partial charge in [0.2, 0.25) is 17.7 Å². The van der Waals surface area contributed by atoms with Gasteiger partial charge < -0.3 is 25.8 Å². The van der Waals surface area contributed by atoms with Crippen molar-refractivity contribution in [2.24, 2.45) is 5.92 Å². The fourth-order valence-corrected chi connectivity index (χ4v) is 4.31. The summed E-state index contributed by atoms with van der Waals surface area (Å²) in [4.78, 5) is 63.0. The first-order valence-corrected chi connectivity index (χ1v) is 12.6. The molecule has 0 aliphatic carbocycles. The molecule has 2 aromatic carbocycles. The second-order valence-corrected chi connectivity index (χ2v) is 9.08. The fraction of sp³-hybridized carbons (Fsp3) is 0.393. The number of esters is 1. The van der Waals surface area contributed by atoms with E-state index in [1.165, 1.54) is 0 Å². The van der Waals surface area contributed by atoms with Crippen LogP contribution >= 0.6 is 0 Å². The lowest BCUT2D eigenvalue weighted by Crippen LogP contribution is -2.54. The van der Waals surface area contributed by atoms with Gasteiger partial charge in [0.1, 0.15) is 18.7 Å². The van der Waals surface area contributed by atoms with Gasteiger partial charge in [-0.25, -0.2) is 0 Å². The Balaban J connectivity index is 1.85. The Bertz CT molecular complexity index is 1120. The van der Waals surface area contributed by atoms with Gasteiger partial charge >= 0.3 is 5.97 Å². The number of carbonyl (C=O) groups excluding carboxylic acids is 5. The van der Waals surface area contributed by atoms with Gasteiger partial charge in [-0.15, -0.1) is 0 Å². The molecule has 3 amide bonds. The number of benzene rings is 2. The van der Waals surface area contributed by atoms with Gasteiger partial charge in [0, 0.05) is 6.42 Å². The standard InChI is InChI=1S/C28H33N3O7/c1-2-38-24(33)17-29-28(37)26(35)20(15-18-9-5-3-6-10-18)25(34)22(16-19-11-7-4-8-12-19)31-27(36)21-13-14-23(32)30-21/h3-12,20-22,26,35H,2,13-17H2,1H3,(H,29,37)(H,30,32)(H,31,36)/t20-,21+,22+,26+/m1/s1. The van der Waals surface area contributed by atoms with Crippen molar-refractivity contribution < 1.29 is 33.8 Å². The SMILES string of the molecule is CCOC(=O)CNC(=O)[C@@H](O)[C@H](Cc1ccccc1)C(=O)[C@H](Cc1ccccc1)NC(=O)[C@@H]1CCC(=O)N1. The highest BCUT2D eigenvalue weighted by Gasteiger charge is 2.38. The number of rotatable bonds is 13. The van der Waals surface area contributed by atoms with Crippen molar-refractivity contribution >= 4 is 29.5 Å². The lowest BCUT2D eigenvalue weighted by atomic mass is 9.84. The molecular formula is C28H33N3O7. The average Bonchev–Trinajstić information content (AvgIpc) is 3.37. The number of Topliss-reactive ketones (excluding diaryl/α,β-unsaturated/α-hetero) is 1. The van der Waals surface area contributed by atoms with Gasteiger partial charge in [0.25, 0.3) is 0 Å². The lowest BCUT2D eigenvalue weighted by molar-refractivity contribution is -0.146. The third-order valence-electron chi connectivity index (χ3n) is 6.28. The molecule has 0 spiro atoms. The minimum Gasteiger partial charge on any atom is -0.465 e. The number of hydrogen-bond donors (Lipinski definition) is 4. The highest BCUT2D eigenvalue weighted by atomic mass is 16.5. The molecular weight excluding hydrogens is 490 g/mol. The molecule has 0 bridgehead atoms. The van der Waals surface area contributed by atoms with E-state index in [-0.39, 0.29) is 31.8 Å². The van der Waals surface area contributed by atoms with Crippen LogP contribution < -0.4 is 16.0 Å². The zero-order valence-corrected chi connectivity index (χ0v) is 21.2. The Morgan fingerprint density at radius 3 is 2.16 bits per heavy atom. The molecule has 10 nitrogen and oxygen atoms in total. The molecule has 202 valence electrons. The van der Waals surface area contributed by atoms with E-state index in [1.54, 1.807) is 61.5 Å². The van der Waals surface area contributed by atoms with Crippen molar-refractivity contribution in [2.75, 3.05) is 13.2 Å². The summed E-state index contributed by atoms with van der Waals surface area (Å²) in [5.74, 6) is -4.11. The maximum atomic E-state index is 13.9. The van der Waals surface area contributed by atoms with Crippen LogP contribution in [0.4, 0.5) is 0 Å². The second-order valence-electron chi connectivity index (χ2n) is 9.08. The summed E-state index contributed by atoms with van der Waals surface area (Å²) >= 11 is 0. The first-order chi connectivity index (χ1) is 18.3. The zero-order valence-electron chi connectivity index (χ0n) is 21.2. The number of hydrogen-bond acceptors (Lipinski definition) is 7. The highest BCUT2D eigenvalue weighted by Crippen LogP contribution is 2.19.